The van der Waals surface area contributed by atoms with Crippen molar-refractivity contribution in [2.75, 3.05) is 45.8 Å². The summed E-state index contributed by atoms with van der Waals surface area (Å²) in [5, 5.41) is 15.4. The minimum Gasteiger partial charge on any atom is -0.475 e. The zero-order chi connectivity index (χ0) is 35.8. The molecule has 0 aliphatic carbocycles. The Bertz CT molecular complexity index is 1510. The third-order valence-electron chi connectivity index (χ3n) is 8.54. The number of nitrogens with one attached hydrogen (secondary N) is 1. The van der Waals surface area contributed by atoms with Gasteiger partial charge in [0.25, 0.3) is 5.91 Å². The fourth-order valence-corrected chi connectivity index (χ4v) is 6.05. The zero-order valence-corrected chi connectivity index (χ0v) is 26.9. The van der Waals surface area contributed by atoms with Crippen molar-refractivity contribution >= 4 is 28.7 Å². The topological polar surface area (TPSA) is 117 Å². The van der Waals surface area contributed by atoms with Crippen molar-refractivity contribution in [3.05, 3.63) is 70.4 Å². The summed E-state index contributed by atoms with van der Waals surface area (Å²) in [6.07, 6.45) is -7.81. The molecule has 0 bridgehead atoms. The fraction of sp³-hybridized carbons (Fsp3) is 0.485. The van der Waals surface area contributed by atoms with Crippen LogP contribution in [-0.4, -0.2) is 106 Å². The SMILES string of the molecule is CCN1CCN(C(=O)c2[nH]c3ccccc3c2CN2CCC(c3c(C)cccc3C)CC2)CC1.O=C(O)C(F)(F)F.O=C(O)C(F)(F)F. The fourth-order valence-electron chi connectivity index (χ4n) is 6.05. The number of aliphatic carboxylic acids is 2. The van der Waals surface area contributed by atoms with Crippen LogP contribution in [0.3, 0.4) is 0 Å². The maximum atomic E-state index is 13.6. The molecule has 0 radical (unpaired) electrons. The standard InChI is InChI=1S/C29H38N4O.2C2HF3O2/c1-4-31-16-18-33(19-17-31)29(34)28-25(24-10-5-6-11-26(24)30-28)20-32-14-12-23(13-15-32)27-21(2)8-7-9-22(27)3;2*3-2(4,5)1(6)7/h5-11,23,30H,4,12-20H2,1-3H3;2*(H,6,7). The number of hydrogen-bond acceptors (Lipinski definition) is 5. The van der Waals surface area contributed by atoms with Gasteiger partial charge in [-0.1, -0.05) is 43.3 Å². The lowest BCUT2D eigenvalue weighted by Gasteiger charge is -2.35. The highest BCUT2D eigenvalue weighted by atomic mass is 19.4. The van der Waals surface area contributed by atoms with Crippen LogP contribution < -0.4 is 0 Å². The summed E-state index contributed by atoms with van der Waals surface area (Å²) < 4.78 is 63.5. The molecular weight excluding hydrogens is 646 g/mol. The zero-order valence-electron chi connectivity index (χ0n) is 26.9. The van der Waals surface area contributed by atoms with Gasteiger partial charge in [0.1, 0.15) is 5.69 Å². The number of likely N-dealkylation sites (tertiary alicyclic amines) is 1. The maximum absolute atomic E-state index is 13.6. The highest BCUT2D eigenvalue weighted by Crippen LogP contribution is 2.34. The number of aromatic nitrogens is 1. The van der Waals surface area contributed by atoms with Gasteiger partial charge in [-0.15, -0.1) is 0 Å². The number of carboxylic acid groups (broad SMARTS) is 2. The Morgan fingerprint density at radius 1 is 0.771 bits per heavy atom. The summed E-state index contributed by atoms with van der Waals surface area (Å²) in [5.74, 6) is -4.72. The van der Waals surface area contributed by atoms with E-state index in [1.54, 1.807) is 5.56 Å². The van der Waals surface area contributed by atoms with E-state index in [4.69, 9.17) is 19.8 Å². The van der Waals surface area contributed by atoms with Crippen LogP contribution in [0.1, 0.15) is 58.4 Å². The molecule has 3 N–H and O–H groups in total. The molecule has 1 aromatic heterocycles. The van der Waals surface area contributed by atoms with E-state index in [1.807, 2.05) is 11.0 Å². The summed E-state index contributed by atoms with van der Waals surface area (Å²) in [6, 6.07) is 15.1. The number of para-hydroxylation sites is 1. The predicted octanol–water partition coefficient (Wildman–Crippen LogP) is 6.21. The van der Waals surface area contributed by atoms with Crippen molar-refractivity contribution in [2.45, 2.75) is 58.4 Å². The number of H-pyrrole nitrogens is 1. The summed E-state index contributed by atoms with van der Waals surface area (Å²) in [7, 11) is 0. The van der Waals surface area contributed by atoms with Crippen molar-refractivity contribution < 1.29 is 50.9 Å². The lowest BCUT2D eigenvalue weighted by molar-refractivity contribution is -0.193. The molecule has 0 atom stereocenters. The number of rotatable bonds is 5. The van der Waals surface area contributed by atoms with Crippen LogP contribution >= 0.6 is 0 Å². The molecule has 9 nitrogen and oxygen atoms in total. The van der Waals surface area contributed by atoms with E-state index in [9.17, 15) is 31.1 Å². The molecule has 48 heavy (non-hydrogen) atoms. The van der Waals surface area contributed by atoms with Gasteiger partial charge in [0.15, 0.2) is 0 Å². The number of hydrogen-bond donors (Lipinski definition) is 3. The first-order valence-corrected chi connectivity index (χ1v) is 15.4. The molecule has 2 saturated heterocycles. The first kappa shape index (κ1) is 38.3. The Balaban J connectivity index is 0.000000376. The number of piperazine rings is 1. The molecule has 2 aliphatic heterocycles. The lowest BCUT2D eigenvalue weighted by atomic mass is 9.84. The number of halogens is 6. The van der Waals surface area contributed by atoms with Gasteiger partial charge < -0.3 is 25.0 Å². The Hall–Kier alpha value is -4.11. The van der Waals surface area contributed by atoms with Gasteiger partial charge in [-0.05, 0) is 75.0 Å². The number of alkyl halides is 6. The van der Waals surface area contributed by atoms with Crippen molar-refractivity contribution in [3.63, 3.8) is 0 Å². The smallest absolute Gasteiger partial charge is 0.475 e. The number of piperidine rings is 1. The Labute approximate surface area is 274 Å². The van der Waals surface area contributed by atoms with Gasteiger partial charge in [0.2, 0.25) is 0 Å². The second-order valence-electron chi connectivity index (χ2n) is 11.7. The minimum atomic E-state index is -5.08. The average Bonchev–Trinajstić information content (AvgIpc) is 3.39. The number of carbonyl (C=O) groups excluding carboxylic acids is 1. The van der Waals surface area contributed by atoms with E-state index in [0.29, 0.717) is 5.92 Å². The first-order valence-electron chi connectivity index (χ1n) is 15.4. The van der Waals surface area contributed by atoms with E-state index < -0.39 is 24.3 Å². The van der Waals surface area contributed by atoms with E-state index in [2.05, 4.69) is 72.0 Å². The molecule has 3 aromatic rings. The normalized spacial score (nSPS) is 16.5. The quantitative estimate of drug-likeness (QED) is 0.274. The van der Waals surface area contributed by atoms with E-state index in [-0.39, 0.29) is 5.91 Å². The molecule has 5 rings (SSSR count). The molecule has 0 spiro atoms. The molecule has 2 aliphatic rings. The number of carboxylic acids is 2. The van der Waals surface area contributed by atoms with Gasteiger partial charge in [0, 0.05) is 49.2 Å². The molecule has 1 amide bonds. The van der Waals surface area contributed by atoms with E-state index >= 15 is 0 Å². The number of fused-ring (bicyclic) bond motifs is 1. The van der Waals surface area contributed by atoms with Crippen LogP contribution in [0.25, 0.3) is 10.9 Å². The number of benzene rings is 2. The Morgan fingerprint density at radius 3 is 1.75 bits per heavy atom. The van der Waals surface area contributed by atoms with Gasteiger partial charge in [-0.25, -0.2) is 9.59 Å². The number of amides is 1. The summed E-state index contributed by atoms with van der Waals surface area (Å²) in [4.78, 5) is 41.9. The molecule has 264 valence electrons. The monoisotopic (exact) mass is 686 g/mol. The molecule has 3 heterocycles. The van der Waals surface area contributed by atoms with Crippen molar-refractivity contribution in [2.24, 2.45) is 0 Å². The largest absolute Gasteiger partial charge is 0.490 e. The molecule has 2 fully saturated rings. The van der Waals surface area contributed by atoms with Crippen molar-refractivity contribution in [1.29, 1.82) is 0 Å². The third-order valence-corrected chi connectivity index (χ3v) is 8.54. The van der Waals surface area contributed by atoms with Crippen LogP contribution in [0.15, 0.2) is 42.5 Å². The average molecular weight is 687 g/mol. The molecule has 0 saturated carbocycles. The number of nitrogens with zero attached hydrogens (tertiary/aromatic N) is 3. The second kappa shape index (κ2) is 16.3. The highest BCUT2D eigenvalue weighted by molar-refractivity contribution is 6.01. The van der Waals surface area contributed by atoms with Gasteiger partial charge in [-0.2, -0.15) is 26.3 Å². The Kier molecular flexibility index (Phi) is 13.0. The van der Waals surface area contributed by atoms with Crippen LogP contribution in [-0.2, 0) is 16.1 Å². The predicted molar refractivity (Wildman–Crippen MR) is 167 cm³/mol. The first-order chi connectivity index (χ1) is 22.4. The minimum absolute atomic E-state index is 0.160. The molecular formula is C33H40F6N4O5. The van der Waals surface area contributed by atoms with Crippen LogP contribution in [0.2, 0.25) is 0 Å². The van der Waals surface area contributed by atoms with E-state index in [0.717, 1.165) is 63.6 Å². The number of aryl methyl sites for hydroxylation is 2. The van der Waals surface area contributed by atoms with Gasteiger partial charge >= 0.3 is 24.3 Å². The van der Waals surface area contributed by atoms with Crippen molar-refractivity contribution in [3.8, 4) is 0 Å². The second-order valence-corrected chi connectivity index (χ2v) is 11.7. The highest BCUT2D eigenvalue weighted by Gasteiger charge is 2.39. The molecule has 2 aromatic carbocycles. The Morgan fingerprint density at radius 2 is 1.27 bits per heavy atom. The van der Waals surface area contributed by atoms with Crippen LogP contribution in [0.4, 0.5) is 26.3 Å². The van der Waals surface area contributed by atoms with Gasteiger partial charge in [0.05, 0.1) is 0 Å². The van der Waals surface area contributed by atoms with Gasteiger partial charge in [-0.3, -0.25) is 9.69 Å². The number of aromatic amines is 1. The summed E-state index contributed by atoms with van der Waals surface area (Å²) in [5.41, 5.74) is 7.43. The lowest BCUT2D eigenvalue weighted by Crippen LogP contribution is -2.48. The maximum Gasteiger partial charge on any atom is 0.490 e. The summed E-state index contributed by atoms with van der Waals surface area (Å²) >= 11 is 0. The number of likely N-dealkylation sites (N-methyl/N-ethyl adjacent to an activating group) is 1. The molecule has 0 unspecified atom stereocenters. The third kappa shape index (κ3) is 10.2. The molecule has 15 heteroatoms. The van der Waals surface area contributed by atoms with Crippen LogP contribution in [0.5, 0.6) is 0 Å². The van der Waals surface area contributed by atoms with Crippen molar-refractivity contribution in [1.82, 2.24) is 19.7 Å². The van der Waals surface area contributed by atoms with E-state index in [1.165, 1.54) is 34.9 Å². The summed E-state index contributed by atoms with van der Waals surface area (Å²) in [6.45, 7) is 14.3. The number of carbonyl (C=O) groups is 3. The van der Waals surface area contributed by atoms with Crippen LogP contribution in [0, 0.1) is 13.8 Å².